The van der Waals surface area contributed by atoms with Crippen LogP contribution in [0, 0.1) is 0 Å². The topological polar surface area (TPSA) is 57.9 Å². The number of fused-ring (bicyclic) bond motifs is 1. The summed E-state index contributed by atoms with van der Waals surface area (Å²) in [7, 11) is 1.46. The van der Waals surface area contributed by atoms with Gasteiger partial charge in [0.1, 0.15) is 23.3 Å². The van der Waals surface area contributed by atoms with Crippen LogP contribution < -0.4 is 19.8 Å². The molecule has 5 heteroatoms. The lowest BCUT2D eigenvalue weighted by Gasteiger charge is -2.15. The molecule has 0 aliphatic heterocycles. The highest BCUT2D eigenvalue weighted by Gasteiger charge is 2.20. The predicted molar refractivity (Wildman–Crippen MR) is 145 cm³/mol. The van der Waals surface area contributed by atoms with E-state index in [1.807, 2.05) is 12.1 Å². The Labute approximate surface area is 211 Å². The van der Waals surface area contributed by atoms with Gasteiger partial charge in [-0.2, -0.15) is 0 Å². The monoisotopic (exact) mass is 484 g/mol. The Kier molecular flexibility index (Phi) is 13.1. The first-order chi connectivity index (χ1) is 17.0. The third-order valence-corrected chi connectivity index (χ3v) is 6.02. The van der Waals surface area contributed by atoms with Crippen LogP contribution in [0.2, 0.25) is 0 Å². The second kappa shape index (κ2) is 16.1. The highest BCUT2D eigenvalue weighted by molar-refractivity contribution is 5.91. The molecule has 0 N–H and O–H groups in total. The van der Waals surface area contributed by atoms with Crippen LogP contribution in [0.3, 0.4) is 0 Å². The number of allylic oxidation sites excluding steroid dienone is 3. The van der Waals surface area contributed by atoms with Crippen LogP contribution in [-0.4, -0.2) is 20.3 Å². The van der Waals surface area contributed by atoms with E-state index in [2.05, 4.69) is 39.8 Å². The molecule has 0 atom stereocenters. The second-order valence-electron chi connectivity index (χ2n) is 9.39. The molecule has 0 fully saturated rings. The first-order valence-corrected chi connectivity index (χ1v) is 13.2. The highest BCUT2D eigenvalue weighted by atomic mass is 16.5. The van der Waals surface area contributed by atoms with Crippen molar-refractivity contribution < 1.29 is 18.6 Å². The summed E-state index contributed by atoms with van der Waals surface area (Å²) in [4.78, 5) is 12.5. The van der Waals surface area contributed by atoms with Gasteiger partial charge >= 0.3 is 5.63 Å². The Bertz CT molecular complexity index is 1010. The van der Waals surface area contributed by atoms with Crippen molar-refractivity contribution in [3.63, 3.8) is 0 Å². The smallest absolute Gasteiger partial charge is 0.383 e. The summed E-state index contributed by atoms with van der Waals surface area (Å²) in [6, 6.07) is 5.45. The zero-order valence-electron chi connectivity index (χ0n) is 22.4. The SMILES string of the molecule is CCCCCCCCCCOc1c(OC)c(=O)oc2cccc(OCC=C(C)CCC=C(C)C)c12. The molecule has 0 radical (unpaired) electrons. The van der Waals surface area contributed by atoms with Crippen molar-refractivity contribution >= 4 is 11.0 Å². The Morgan fingerprint density at radius 2 is 1.63 bits per heavy atom. The summed E-state index contributed by atoms with van der Waals surface area (Å²) in [5.74, 6) is 1.10. The molecule has 194 valence electrons. The number of hydrogen-bond acceptors (Lipinski definition) is 5. The molecule has 0 amide bonds. The van der Waals surface area contributed by atoms with Gasteiger partial charge in [0, 0.05) is 0 Å². The van der Waals surface area contributed by atoms with E-state index in [4.69, 9.17) is 18.6 Å². The molecule has 0 unspecified atom stereocenters. The summed E-state index contributed by atoms with van der Waals surface area (Å²) >= 11 is 0. The van der Waals surface area contributed by atoms with Crippen LogP contribution in [0.1, 0.15) is 91.9 Å². The van der Waals surface area contributed by atoms with Crippen LogP contribution in [0.5, 0.6) is 17.2 Å². The summed E-state index contributed by atoms with van der Waals surface area (Å²) < 4.78 is 23.1. The van der Waals surface area contributed by atoms with E-state index in [0.717, 1.165) is 25.7 Å². The summed E-state index contributed by atoms with van der Waals surface area (Å²) in [6.45, 7) is 9.53. The normalized spacial score (nSPS) is 11.5. The Morgan fingerprint density at radius 3 is 2.31 bits per heavy atom. The lowest BCUT2D eigenvalue weighted by atomic mass is 10.1. The predicted octanol–water partition coefficient (Wildman–Crippen LogP) is 8.39. The highest BCUT2D eigenvalue weighted by Crippen LogP contribution is 2.39. The molecule has 0 spiro atoms. The van der Waals surface area contributed by atoms with Crippen molar-refractivity contribution in [3.8, 4) is 17.2 Å². The molecular weight excluding hydrogens is 440 g/mol. The molecule has 2 rings (SSSR count). The van der Waals surface area contributed by atoms with E-state index in [-0.39, 0.29) is 5.75 Å². The standard InChI is InChI=1S/C30H44O5/c1-6-7-8-9-10-11-12-13-21-34-28-27-25(33-22-20-24(4)17-14-16-23(2)3)18-15-19-26(27)35-30(31)29(28)32-5/h15-16,18-20H,6-14,17,21-22H2,1-5H3. The average Bonchev–Trinajstić information content (AvgIpc) is 2.82. The fourth-order valence-electron chi connectivity index (χ4n) is 3.98. The fraction of sp³-hybridized carbons (Fsp3) is 0.567. The van der Waals surface area contributed by atoms with Gasteiger partial charge in [-0.3, -0.25) is 0 Å². The van der Waals surface area contributed by atoms with E-state index in [1.54, 1.807) is 6.07 Å². The molecule has 1 aromatic carbocycles. The van der Waals surface area contributed by atoms with Gasteiger partial charge in [-0.25, -0.2) is 4.79 Å². The Morgan fingerprint density at radius 1 is 0.914 bits per heavy atom. The third kappa shape index (κ3) is 9.83. The molecule has 2 aromatic rings. The molecule has 0 aliphatic carbocycles. The van der Waals surface area contributed by atoms with Crippen LogP contribution in [0.15, 0.2) is 50.7 Å². The number of methoxy groups -OCH3 is 1. The summed E-state index contributed by atoms with van der Waals surface area (Å²) in [6.07, 6.45) is 16.1. The number of ether oxygens (including phenoxy) is 3. The Hall–Kier alpha value is -2.69. The van der Waals surface area contributed by atoms with Crippen molar-refractivity contribution in [2.75, 3.05) is 20.3 Å². The fourth-order valence-corrected chi connectivity index (χ4v) is 3.98. The largest absolute Gasteiger partial charge is 0.489 e. The number of rotatable bonds is 17. The first-order valence-electron chi connectivity index (χ1n) is 13.2. The minimum absolute atomic E-state index is 0.0848. The van der Waals surface area contributed by atoms with E-state index < -0.39 is 5.63 Å². The van der Waals surface area contributed by atoms with Gasteiger partial charge < -0.3 is 18.6 Å². The number of benzene rings is 1. The van der Waals surface area contributed by atoms with Crippen LogP contribution in [0.25, 0.3) is 11.0 Å². The van der Waals surface area contributed by atoms with Crippen LogP contribution in [-0.2, 0) is 0 Å². The van der Waals surface area contributed by atoms with Crippen LogP contribution in [0.4, 0.5) is 0 Å². The van der Waals surface area contributed by atoms with E-state index in [9.17, 15) is 4.79 Å². The molecular formula is C30H44O5. The van der Waals surface area contributed by atoms with Gasteiger partial charge in [0.25, 0.3) is 0 Å². The maximum atomic E-state index is 12.5. The minimum atomic E-state index is -0.543. The summed E-state index contributed by atoms with van der Waals surface area (Å²) in [5, 5.41) is 0.638. The van der Waals surface area contributed by atoms with Crippen molar-refractivity contribution in [2.45, 2.75) is 91.9 Å². The van der Waals surface area contributed by atoms with Gasteiger partial charge in [0.05, 0.1) is 13.7 Å². The minimum Gasteiger partial charge on any atom is -0.489 e. The van der Waals surface area contributed by atoms with Gasteiger partial charge in [-0.1, -0.05) is 75.2 Å². The quantitative estimate of drug-likeness (QED) is 0.128. The van der Waals surface area contributed by atoms with Crippen molar-refractivity contribution in [1.82, 2.24) is 0 Å². The zero-order chi connectivity index (χ0) is 25.5. The van der Waals surface area contributed by atoms with E-state index in [1.165, 1.54) is 56.8 Å². The summed E-state index contributed by atoms with van der Waals surface area (Å²) in [5.41, 5.74) is 2.50. The number of unbranched alkanes of at least 4 members (excludes halogenated alkanes) is 7. The average molecular weight is 485 g/mol. The lowest BCUT2D eigenvalue weighted by molar-refractivity contribution is 0.278. The van der Waals surface area contributed by atoms with Crippen LogP contribution >= 0.6 is 0 Å². The zero-order valence-corrected chi connectivity index (χ0v) is 22.4. The van der Waals surface area contributed by atoms with Crippen molar-refractivity contribution in [2.24, 2.45) is 0 Å². The molecule has 1 heterocycles. The van der Waals surface area contributed by atoms with Crippen molar-refractivity contribution in [3.05, 3.63) is 51.9 Å². The first kappa shape index (κ1) is 28.5. The molecule has 0 bridgehead atoms. The molecule has 5 nitrogen and oxygen atoms in total. The molecule has 0 saturated heterocycles. The van der Waals surface area contributed by atoms with Gasteiger partial charge in [-0.15, -0.1) is 0 Å². The van der Waals surface area contributed by atoms with E-state index in [0.29, 0.717) is 35.7 Å². The lowest BCUT2D eigenvalue weighted by Crippen LogP contribution is -2.09. The Balaban J connectivity index is 2.08. The molecule has 35 heavy (non-hydrogen) atoms. The molecule has 1 aromatic heterocycles. The van der Waals surface area contributed by atoms with Gasteiger partial charge in [-0.05, 0) is 58.2 Å². The second-order valence-corrected chi connectivity index (χ2v) is 9.39. The van der Waals surface area contributed by atoms with Crippen molar-refractivity contribution in [1.29, 1.82) is 0 Å². The maximum Gasteiger partial charge on any atom is 0.383 e. The third-order valence-electron chi connectivity index (χ3n) is 6.02. The molecule has 0 aliphatic rings. The molecule has 0 saturated carbocycles. The van der Waals surface area contributed by atoms with Gasteiger partial charge in [0.15, 0.2) is 5.75 Å². The number of hydrogen-bond donors (Lipinski definition) is 0. The van der Waals surface area contributed by atoms with Gasteiger partial charge in [0.2, 0.25) is 5.75 Å². The maximum absolute atomic E-state index is 12.5. The van der Waals surface area contributed by atoms with E-state index >= 15 is 0 Å².